The molecule has 4 nitrogen and oxygen atoms in total. The van der Waals surface area contributed by atoms with Gasteiger partial charge in [-0.15, -0.1) is 0 Å². The maximum absolute atomic E-state index is 10.2. The summed E-state index contributed by atoms with van der Waals surface area (Å²) in [6.45, 7) is 11.8. The van der Waals surface area contributed by atoms with Crippen LogP contribution in [-0.2, 0) is 0 Å². The minimum Gasteiger partial charge on any atom is -0.493 e. The Morgan fingerprint density at radius 1 is 1.32 bits per heavy atom. The summed E-state index contributed by atoms with van der Waals surface area (Å²) >= 11 is 0. The van der Waals surface area contributed by atoms with Gasteiger partial charge in [-0.05, 0) is 45.4 Å². The van der Waals surface area contributed by atoms with Gasteiger partial charge < -0.3 is 19.9 Å². The van der Waals surface area contributed by atoms with Crippen LogP contribution in [0, 0.1) is 5.41 Å². The van der Waals surface area contributed by atoms with Crippen molar-refractivity contribution in [3.63, 3.8) is 0 Å². The van der Waals surface area contributed by atoms with Crippen LogP contribution in [0.4, 0.5) is 0 Å². The van der Waals surface area contributed by atoms with E-state index in [1.807, 2.05) is 33.8 Å². The highest BCUT2D eigenvalue weighted by Crippen LogP contribution is 2.44. The molecule has 1 fully saturated rings. The highest BCUT2D eigenvalue weighted by molar-refractivity contribution is 5.45. The highest BCUT2D eigenvalue weighted by Gasteiger charge is 2.43. The number of benzene rings is 1. The van der Waals surface area contributed by atoms with Crippen LogP contribution in [0.15, 0.2) is 18.2 Å². The van der Waals surface area contributed by atoms with Crippen LogP contribution >= 0.6 is 0 Å². The van der Waals surface area contributed by atoms with Crippen molar-refractivity contribution in [1.29, 1.82) is 0 Å². The summed E-state index contributed by atoms with van der Waals surface area (Å²) in [6, 6.07) is 6.09. The van der Waals surface area contributed by atoms with Gasteiger partial charge in [0, 0.05) is 24.4 Å². The molecule has 0 aromatic heterocycles. The number of rotatable bonds is 4. The van der Waals surface area contributed by atoms with Crippen molar-refractivity contribution < 1.29 is 14.6 Å². The van der Waals surface area contributed by atoms with Crippen molar-refractivity contribution in [3.05, 3.63) is 23.8 Å². The SMILES string of the molecule is COc1ccc(C2CNC[C@@]2(C)[C@@H](C)O)cc1OC(C)(C)C. The molecule has 1 aromatic carbocycles. The van der Waals surface area contributed by atoms with E-state index in [4.69, 9.17) is 9.47 Å². The first-order chi connectivity index (χ1) is 10.2. The third kappa shape index (κ3) is 3.39. The Kier molecular flexibility index (Phi) is 4.73. The fraction of sp³-hybridized carbons (Fsp3) is 0.667. The molecule has 1 aromatic rings. The van der Waals surface area contributed by atoms with E-state index >= 15 is 0 Å². The van der Waals surface area contributed by atoms with Gasteiger partial charge in [-0.1, -0.05) is 13.0 Å². The smallest absolute Gasteiger partial charge is 0.162 e. The van der Waals surface area contributed by atoms with Crippen LogP contribution in [0.1, 0.15) is 46.1 Å². The van der Waals surface area contributed by atoms with Crippen LogP contribution in [-0.4, -0.2) is 37.0 Å². The number of aliphatic hydroxyl groups excluding tert-OH is 1. The van der Waals surface area contributed by atoms with E-state index in [-0.39, 0.29) is 23.0 Å². The van der Waals surface area contributed by atoms with Crippen LogP contribution in [0.25, 0.3) is 0 Å². The first kappa shape index (κ1) is 17.1. The Bertz CT molecular complexity index is 522. The van der Waals surface area contributed by atoms with Crippen LogP contribution in [0.2, 0.25) is 0 Å². The third-order valence-corrected chi connectivity index (χ3v) is 4.61. The molecule has 22 heavy (non-hydrogen) atoms. The lowest BCUT2D eigenvalue weighted by Crippen LogP contribution is -2.36. The highest BCUT2D eigenvalue weighted by atomic mass is 16.5. The normalized spacial score (nSPS) is 26.8. The summed E-state index contributed by atoms with van der Waals surface area (Å²) < 4.78 is 11.5. The zero-order chi connectivity index (χ0) is 16.5. The molecule has 2 N–H and O–H groups in total. The topological polar surface area (TPSA) is 50.7 Å². The van der Waals surface area contributed by atoms with Crippen LogP contribution < -0.4 is 14.8 Å². The molecule has 0 amide bonds. The lowest BCUT2D eigenvalue weighted by molar-refractivity contribution is 0.0547. The number of methoxy groups -OCH3 is 1. The van der Waals surface area contributed by atoms with Crippen molar-refractivity contribution >= 4 is 0 Å². The molecule has 4 heteroatoms. The fourth-order valence-corrected chi connectivity index (χ4v) is 3.10. The van der Waals surface area contributed by atoms with Gasteiger partial charge in [-0.3, -0.25) is 0 Å². The van der Waals surface area contributed by atoms with Gasteiger partial charge in [0.1, 0.15) is 5.60 Å². The van der Waals surface area contributed by atoms with Gasteiger partial charge in [0.15, 0.2) is 11.5 Å². The molecule has 1 heterocycles. The zero-order valence-electron chi connectivity index (χ0n) is 14.6. The quantitative estimate of drug-likeness (QED) is 0.898. The maximum Gasteiger partial charge on any atom is 0.162 e. The number of hydrogen-bond acceptors (Lipinski definition) is 4. The number of hydrogen-bond donors (Lipinski definition) is 2. The minimum absolute atomic E-state index is 0.173. The largest absolute Gasteiger partial charge is 0.493 e. The fourth-order valence-electron chi connectivity index (χ4n) is 3.10. The van der Waals surface area contributed by atoms with Crippen molar-refractivity contribution in [2.24, 2.45) is 5.41 Å². The molecule has 0 saturated carbocycles. The minimum atomic E-state index is -0.374. The lowest BCUT2D eigenvalue weighted by atomic mass is 9.72. The Balaban J connectivity index is 2.38. The number of nitrogens with one attached hydrogen (secondary N) is 1. The maximum atomic E-state index is 10.2. The lowest BCUT2D eigenvalue weighted by Gasteiger charge is -2.34. The molecule has 1 aliphatic rings. The summed E-state index contributed by atoms with van der Waals surface area (Å²) in [7, 11) is 1.65. The molecule has 1 aliphatic heterocycles. The first-order valence-corrected chi connectivity index (χ1v) is 7.93. The molecule has 2 rings (SSSR count). The van der Waals surface area contributed by atoms with Crippen molar-refractivity contribution in [1.82, 2.24) is 5.32 Å². The van der Waals surface area contributed by atoms with Gasteiger partial charge in [-0.25, -0.2) is 0 Å². The van der Waals surface area contributed by atoms with E-state index in [0.29, 0.717) is 0 Å². The molecule has 3 atom stereocenters. The Morgan fingerprint density at radius 3 is 2.55 bits per heavy atom. The van der Waals surface area contributed by atoms with Crippen molar-refractivity contribution in [2.45, 2.75) is 52.2 Å². The van der Waals surface area contributed by atoms with Gasteiger partial charge in [0.2, 0.25) is 0 Å². The summed E-state index contributed by atoms with van der Waals surface area (Å²) in [6.07, 6.45) is -0.374. The Hall–Kier alpha value is -1.26. The molecule has 1 unspecified atom stereocenters. The second-order valence-corrected chi connectivity index (χ2v) is 7.49. The average Bonchev–Trinajstić information content (AvgIpc) is 2.80. The van der Waals surface area contributed by atoms with Gasteiger partial charge in [0.25, 0.3) is 0 Å². The monoisotopic (exact) mass is 307 g/mol. The molecule has 0 aliphatic carbocycles. The molecule has 0 bridgehead atoms. The van der Waals surface area contributed by atoms with Gasteiger partial charge in [-0.2, -0.15) is 0 Å². The van der Waals surface area contributed by atoms with E-state index in [1.165, 1.54) is 5.56 Å². The first-order valence-electron chi connectivity index (χ1n) is 7.93. The van der Waals surface area contributed by atoms with E-state index in [1.54, 1.807) is 7.11 Å². The molecular formula is C18H29NO3. The van der Waals surface area contributed by atoms with Crippen LogP contribution in [0.3, 0.4) is 0 Å². The van der Waals surface area contributed by atoms with E-state index in [0.717, 1.165) is 24.6 Å². The number of ether oxygens (including phenoxy) is 2. The zero-order valence-corrected chi connectivity index (χ0v) is 14.6. The van der Waals surface area contributed by atoms with E-state index in [9.17, 15) is 5.11 Å². The average molecular weight is 307 g/mol. The molecule has 0 spiro atoms. The van der Waals surface area contributed by atoms with Gasteiger partial charge in [0.05, 0.1) is 13.2 Å². The van der Waals surface area contributed by atoms with Crippen LogP contribution in [0.5, 0.6) is 11.5 Å². The second kappa shape index (κ2) is 6.09. The van der Waals surface area contributed by atoms with Crippen molar-refractivity contribution in [3.8, 4) is 11.5 Å². The molecule has 0 radical (unpaired) electrons. The summed E-state index contributed by atoms with van der Waals surface area (Å²) in [4.78, 5) is 0. The molecule has 124 valence electrons. The predicted molar refractivity (Wildman–Crippen MR) is 88.8 cm³/mol. The predicted octanol–water partition coefficient (Wildman–Crippen LogP) is 2.95. The summed E-state index contributed by atoms with van der Waals surface area (Å²) in [5, 5.41) is 13.6. The Labute approximate surface area is 133 Å². The van der Waals surface area contributed by atoms with E-state index in [2.05, 4.69) is 24.4 Å². The standard InChI is InChI=1S/C18H29NO3/c1-12(20)18(5)11-19-10-14(18)13-7-8-15(21-6)16(9-13)22-17(2,3)4/h7-9,12,14,19-20H,10-11H2,1-6H3/t12-,14?,18+/m1/s1. The summed E-state index contributed by atoms with van der Waals surface area (Å²) in [5.41, 5.74) is 0.717. The second-order valence-electron chi connectivity index (χ2n) is 7.49. The summed E-state index contributed by atoms with van der Waals surface area (Å²) in [5.74, 6) is 1.75. The van der Waals surface area contributed by atoms with Gasteiger partial charge >= 0.3 is 0 Å². The Morgan fingerprint density at radius 2 is 2.00 bits per heavy atom. The van der Waals surface area contributed by atoms with E-state index < -0.39 is 0 Å². The molecule has 1 saturated heterocycles. The number of aliphatic hydroxyl groups is 1. The van der Waals surface area contributed by atoms with Crippen molar-refractivity contribution in [2.75, 3.05) is 20.2 Å². The molecular weight excluding hydrogens is 278 g/mol. The third-order valence-electron chi connectivity index (χ3n) is 4.61.